The van der Waals surface area contributed by atoms with Crippen molar-refractivity contribution in [3.8, 4) is 0 Å². The average molecular weight is 233 g/mol. The van der Waals surface area contributed by atoms with Crippen LogP contribution in [0.2, 0.25) is 0 Å². The van der Waals surface area contributed by atoms with Crippen molar-refractivity contribution in [2.45, 2.75) is 31.1 Å². The Balaban J connectivity index is 1.66. The van der Waals surface area contributed by atoms with Crippen molar-refractivity contribution in [2.24, 2.45) is 4.99 Å². The molecule has 0 spiro atoms. The Morgan fingerprint density at radius 2 is 2.18 bits per heavy atom. The summed E-state index contributed by atoms with van der Waals surface area (Å²) in [5, 5.41) is 6.32. The molecule has 1 aromatic carbocycles. The van der Waals surface area contributed by atoms with Crippen LogP contribution in [0.4, 0.5) is 4.39 Å². The molecule has 0 bridgehead atoms. The van der Waals surface area contributed by atoms with Gasteiger partial charge in [-0.25, -0.2) is 4.39 Å². The Kier molecular flexibility index (Phi) is 2.31. The van der Waals surface area contributed by atoms with E-state index in [1.54, 1.807) is 0 Å². The van der Waals surface area contributed by atoms with Gasteiger partial charge in [-0.3, -0.25) is 4.99 Å². The normalized spacial score (nSPS) is 35.1. The minimum absolute atomic E-state index is 0.151. The minimum Gasteiger partial charge on any atom is -0.352 e. The quantitative estimate of drug-likeness (QED) is 0.813. The minimum atomic E-state index is -1.22. The Labute approximate surface area is 100 Å². The lowest BCUT2D eigenvalue weighted by Crippen LogP contribution is -2.40. The fraction of sp³-hybridized carbons (Fsp3) is 0.462. The predicted molar refractivity (Wildman–Crippen MR) is 65.7 cm³/mol. The highest BCUT2D eigenvalue weighted by molar-refractivity contribution is 5.82. The van der Waals surface area contributed by atoms with Crippen LogP contribution in [-0.2, 0) is 5.67 Å². The zero-order valence-electron chi connectivity index (χ0n) is 9.78. The third-order valence-corrected chi connectivity index (χ3v) is 3.36. The number of nitrogens with zero attached hydrogens (tertiary/aromatic N) is 1. The summed E-state index contributed by atoms with van der Waals surface area (Å²) in [7, 11) is 0. The first kappa shape index (κ1) is 10.6. The van der Waals surface area contributed by atoms with Gasteiger partial charge in [0.25, 0.3) is 0 Å². The van der Waals surface area contributed by atoms with Gasteiger partial charge in [-0.05, 0) is 12.5 Å². The molecule has 0 aromatic heterocycles. The van der Waals surface area contributed by atoms with Crippen LogP contribution in [0.1, 0.15) is 18.9 Å². The van der Waals surface area contributed by atoms with Crippen LogP contribution in [0, 0.1) is 0 Å². The zero-order valence-corrected chi connectivity index (χ0v) is 9.78. The lowest BCUT2D eigenvalue weighted by atomic mass is 10.1. The van der Waals surface area contributed by atoms with Gasteiger partial charge < -0.3 is 10.6 Å². The van der Waals surface area contributed by atoms with E-state index in [0.29, 0.717) is 12.5 Å². The molecule has 0 amide bonds. The largest absolute Gasteiger partial charge is 0.352 e. The smallest absolute Gasteiger partial charge is 0.191 e. The summed E-state index contributed by atoms with van der Waals surface area (Å²) in [4.78, 5) is 4.28. The molecule has 1 aliphatic heterocycles. The van der Waals surface area contributed by atoms with E-state index in [1.807, 2.05) is 30.3 Å². The van der Waals surface area contributed by atoms with Crippen molar-refractivity contribution in [2.75, 3.05) is 6.54 Å². The van der Waals surface area contributed by atoms with Gasteiger partial charge in [-0.2, -0.15) is 0 Å². The van der Waals surface area contributed by atoms with Crippen molar-refractivity contribution in [3.63, 3.8) is 0 Å². The number of rotatable bonds is 2. The first-order chi connectivity index (χ1) is 8.18. The third kappa shape index (κ3) is 1.88. The van der Waals surface area contributed by atoms with Crippen molar-refractivity contribution < 1.29 is 4.39 Å². The number of guanidine groups is 1. The monoisotopic (exact) mass is 233 g/mol. The Morgan fingerprint density at radius 3 is 2.82 bits per heavy atom. The van der Waals surface area contributed by atoms with Gasteiger partial charge in [-0.1, -0.05) is 30.3 Å². The van der Waals surface area contributed by atoms with Gasteiger partial charge in [-0.15, -0.1) is 0 Å². The maximum atomic E-state index is 14.5. The molecule has 3 unspecified atom stereocenters. The summed E-state index contributed by atoms with van der Waals surface area (Å²) < 4.78 is 14.5. The molecule has 0 radical (unpaired) electrons. The van der Waals surface area contributed by atoms with E-state index in [0.717, 1.165) is 18.1 Å². The Hall–Kier alpha value is -1.58. The molecular formula is C13H16FN3. The highest BCUT2D eigenvalue weighted by atomic mass is 19.1. The van der Waals surface area contributed by atoms with Crippen LogP contribution in [0.3, 0.4) is 0 Å². The lowest BCUT2D eigenvalue weighted by molar-refractivity contribution is 0.300. The van der Waals surface area contributed by atoms with Crippen LogP contribution < -0.4 is 10.6 Å². The van der Waals surface area contributed by atoms with Crippen molar-refractivity contribution in [1.29, 1.82) is 0 Å². The summed E-state index contributed by atoms with van der Waals surface area (Å²) >= 11 is 0. The molecule has 17 heavy (non-hydrogen) atoms. The Morgan fingerprint density at radius 1 is 1.41 bits per heavy atom. The highest BCUT2D eigenvalue weighted by Gasteiger charge is 2.57. The molecule has 4 heteroatoms. The van der Waals surface area contributed by atoms with Crippen molar-refractivity contribution in [3.05, 3.63) is 35.9 Å². The van der Waals surface area contributed by atoms with Crippen LogP contribution in [-0.4, -0.2) is 24.6 Å². The number of aliphatic imine (C=N–C) groups is 1. The fourth-order valence-corrected chi connectivity index (χ4v) is 2.24. The second-order valence-corrected chi connectivity index (χ2v) is 4.86. The molecule has 3 atom stereocenters. The van der Waals surface area contributed by atoms with Gasteiger partial charge in [0.2, 0.25) is 0 Å². The lowest BCUT2D eigenvalue weighted by Gasteiger charge is -2.11. The van der Waals surface area contributed by atoms with E-state index >= 15 is 0 Å². The molecule has 2 N–H and O–H groups in total. The second kappa shape index (κ2) is 3.72. The van der Waals surface area contributed by atoms with E-state index in [-0.39, 0.29) is 6.04 Å². The predicted octanol–water partition coefficient (Wildman–Crippen LogP) is 1.56. The topological polar surface area (TPSA) is 36.4 Å². The van der Waals surface area contributed by atoms with E-state index in [9.17, 15) is 4.39 Å². The number of halogens is 1. The molecule has 3 rings (SSSR count). The molecule has 3 nitrogen and oxygen atoms in total. The maximum absolute atomic E-state index is 14.5. The average Bonchev–Trinajstić information content (AvgIpc) is 2.80. The molecule has 2 aliphatic rings. The number of hydrogen-bond acceptors (Lipinski definition) is 3. The Bertz CT molecular complexity index is 445. The van der Waals surface area contributed by atoms with Crippen LogP contribution in [0.25, 0.3) is 0 Å². The molecule has 1 aliphatic carbocycles. The number of alkyl halides is 1. The molecule has 1 heterocycles. The molecule has 90 valence electrons. The first-order valence-corrected chi connectivity index (χ1v) is 6.00. The van der Waals surface area contributed by atoms with Gasteiger partial charge in [0.15, 0.2) is 11.6 Å². The summed E-state index contributed by atoms with van der Waals surface area (Å²) in [5.41, 5.74) is -0.471. The fourth-order valence-electron chi connectivity index (χ4n) is 2.24. The highest BCUT2D eigenvalue weighted by Crippen LogP contribution is 2.49. The first-order valence-electron chi connectivity index (χ1n) is 6.00. The van der Waals surface area contributed by atoms with Crippen LogP contribution >= 0.6 is 0 Å². The van der Waals surface area contributed by atoms with E-state index in [2.05, 4.69) is 22.5 Å². The van der Waals surface area contributed by atoms with Crippen molar-refractivity contribution >= 4 is 5.96 Å². The number of hydrogen-bond donors (Lipinski definition) is 2. The van der Waals surface area contributed by atoms with E-state index < -0.39 is 5.67 Å². The second-order valence-electron chi connectivity index (χ2n) is 4.86. The van der Waals surface area contributed by atoms with E-state index in [4.69, 9.17) is 0 Å². The number of benzene rings is 1. The van der Waals surface area contributed by atoms with Crippen molar-refractivity contribution in [1.82, 2.24) is 10.6 Å². The molecule has 0 saturated heterocycles. The van der Waals surface area contributed by atoms with Gasteiger partial charge in [0.05, 0.1) is 12.6 Å². The molecule has 1 aromatic rings. The maximum Gasteiger partial charge on any atom is 0.191 e. The van der Waals surface area contributed by atoms with Gasteiger partial charge in [0, 0.05) is 12.5 Å². The molecular weight excluding hydrogens is 217 g/mol. The van der Waals surface area contributed by atoms with Crippen LogP contribution in [0.15, 0.2) is 35.3 Å². The van der Waals surface area contributed by atoms with Crippen LogP contribution in [0.5, 0.6) is 0 Å². The third-order valence-electron chi connectivity index (χ3n) is 3.36. The standard InChI is InChI=1S/C13H16FN3/c1-9-8-15-12(16-9)17-11-7-13(11,14)10-5-3-2-4-6-10/h2-6,9,11H,7-8H2,1H3,(H2,15,16,17). The zero-order chi connectivity index (χ0) is 11.9. The van der Waals surface area contributed by atoms with Gasteiger partial charge in [0.1, 0.15) is 0 Å². The summed E-state index contributed by atoms with van der Waals surface area (Å²) in [6, 6.07) is 9.53. The van der Waals surface area contributed by atoms with E-state index in [1.165, 1.54) is 0 Å². The summed E-state index contributed by atoms with van der Waals surface area (Å²) in [6.45, 7) is 2.82. The molecule has 1 saturated carbocycles. The molecule has 1 fully saturated rings. The summed E-state index contributed by atoms with van der Waals surface area (Å²) in [5.74, 6) is 0.734. The number of nitrogens with one attached hydrogen (secondary N) is 2. The SMILES string of the molecule is CC1CN=C(NC2CC2(F)c2ccccc2)N1. The van der Waals surface area contributed by atoms with Gasteiger partial charge >= 0.3 is 0 Å². The summed E-state index contributed by atoms with van der Waals surface area (Å²) in [6.07, 6.45) is 0.520.